The highest BCUT2D eigenvalue weighted by Gasteiger charge is 2.60. The topological polar surface area (TPSA) is 40.5 Å². The predicted molar refractivity (Wildman–Crippen MR) is 91.5 cm³/mol. The van der Waals surface area contributed by atoms with Crippen LogP contribution in [-0.4, -0.2) is 21.9 Å². The van der Waals surface area contributed by atoms with Crippen LogP contribution in [-0.2, 0) is 0 Å². The van der Waals surface area contributed by atoms with Gasteiger partial charge in [-0.05, 0) is 80.0 Å². The van der Waals surface area contributed by atoms with Crippen LogP contribution in [0.25, 0.3) is 0 Å². The van der Waals surface area contributed by atoms with Crippen molar-refractivity contribution in [1.29, 1.82) is 0 Å². The van der Waals surface area contributed by atoms with Crippen molar-refractivity contribution in [2.75, 3.05) is 0 Å². The maximum Gasteiger partial charge on any atom is 0.126 e. The molecule has 0 bridgehead atoms. The molecule has 0 heterocycles. The minimum Gasteiger partial charge on any atom is -0.393 e. The van der Waals surface area contributed by atoms with Crippen molar-refractivity contribution in [2.24, 2.45) is 28.6 Å². The lowest BCUT2D eigenvalue weighted by Gasteiger charge is -2.57. The third-order valence-electron chi connectivity index (χ3n) is 8.12. The van der Waals surface area contributed by atoms with Crippen LogP contribution in [0.3, 0.4) is 0 Å². The molecule has 23 heavy (non-hydrogen) atoms. The Balaban J connectivity index is 1.68. The van der Waals surface area contributed by atoms with Crippen molar-refractivity contribution >= 4 is 0 Å². The highest BCUT2D eigenvalue weighted by molar-refractivity contribution is 5.27. The smallest absolute Gasteiger partial charge is 0.126 e. The highest BCUT2D eigenvalue weighted by atomic mass is 16.3. The second kappa shape index (κ2) is 4.87. The van der Waals surface area contributed by atoms with Crippen LogP contribution in [0.2, 0.25) is 0 Å². The van der Waals surface area contributed by atoms with E-state index in [4.69, 9.17) is 6.42 Å². The van der Waals surface area contributed by atoms with Gasteiger partial charge in [0.05, 0.1) is 6.10 Å². The number of aliphatic hydroxyl groups excluding tert-OH is 1. The van der Waals surface area contributed by atoms with Gasteiger partial charge in [0.25, 0.3) is 0 Å². The fourth-order valence-corrected chi connectivity index (χ4v) is 6.87. The monoisotopic (exact) mass is 314 g/mol. The van der Waals surface area contributed by atoms with Gasteiger partial charge in [-0.3, -0.25) is 0 Å². The summed E-state index contributed by atoms with van der Waals surface area (Å²) in [6.07, 6.45) is 16.0. The summed E-state index contributed by atoms with van der Waals surface area (Å²) >= 11 is 0. The number of allylic oxidation sites excluding steroid dienone is 1. The van der Waals surface area contributed by atoms with E-state index in [9.17, 15) is 10.2 Å². The molecule has 0 aliphatic heterocycles. The number of fused-ring (bicyclic) bond motifs is 5. The SMILES string of the molecule is C#C[C@]1(O)C[C@H]2[C@@H]3CC=C4C[C@@H](O)CC[C@]4(C)[C@H]3CC[C@]2(C)C1. The molecule has 0 aromatic heterocycles. The van der Waals surface area contributed by atoms with Gasteiger partial charge in [-0.1, -0.05) is 31.4 Å². The van der Waals surface area contributed by atoms with E-state index < -0.39 is 5.60 Å². The van der Waals surface area contributed by atoms with E-state index in [-0.39, 0.29) is 16.9 Å². The van der Waals surface area contributed by atoms with Gasteiger partial charge >= 0.3 is 0 Å². The number of terminal acetylenes is 1. The Morgan fingerprint density at radius 1 is 1.22 bits per heavy atom. The summed E-state index contributed by atoms with van der Waals surface area (Å²) in [5.41, 5.74) is 1.09. The molecule has 0 saturated heterocycles. The van der Waals surface area contributed by atoms with E-state index in [1.54, 1.807) is 0 Å². The first-order valence-corrected chi connectivity index (χ1v) is 9.37. The lowest BCUT2D eigenvalue weighted by Crippen LogP contribution is -2.49. The van der Waals surface area contributed by atoms with Crippen LogP contribution in [0.5, 0.6) is 0 Å². The zero-order valence-electron chi connectivity index (χ0n) is 14.5. The largest absolute Gasteiger partial charge is 0.393 e. The van der Waals surface area contributed by atoms with E-state index in [0.29, 0.717) is 17.8 Å². The van der Waals surface area contributed by atoms with Crippen molar-refractivity contribution in [3.8, 4) is 12.3 Å². The minimum absolute atomic E-state index is 0.141. The van der Waals surface area contributed by atoms with Crippen molar-refractivity contribution < 1.29 is 10.2 Å². The minimum atomic E-state index is -0.887. The van der Waals surface area contributed by atoms with Gasteiger partial charge in [0.15, 0.2) is 0 Å². The molecule has 0 unspecified atom stereocenters. The van der Waals surface area contributed by atoms with Crippen LogP contribution in [0.4, 0.5) is 0 Å². The van der Waals surface area contributed by atoms with E-state index >= 15 is 0 Å². The molecule has 126 valence electrons. The van der Waals surface area contributed by atoms with Crippen molar-refractivity contribution in [2.45, 2.75) is 76.9 Å². The molecule has 0 aromatic rings. The maximum absolute atomic E-state index is 10.7. The summed E-state index contributed by atoms with van der Waals surface area (Å²) in [5.74, 6) is 4.60. The summed E-state index contributed by atoms with van der Waals surface area (Å²) in [6.45, 7) is 4.79. The average molecular weight is 314 g/mol. The van der Waals surface area contributed by atoms with Crippen LogP contribution in [0, 0.1) is 40.9 Å². The second-order valence-corrected chi connectivity index (χ2v) is 9.41. The normalized spacial score (nSPS) is 55.2. The second-order valence-electron chi connectivity index (χ2n) is 9.41. The summed E-state index contributed by atoms with van der Waals surface area (Å²) in [6, 6.07) is 0. The first-order valence-electron chi connectivity index (χ1n) is 9.37. The molecule has 3 saturated carbocycles. The Labute approximate surface area is 140 Å². The third-order valence-corrected chi connectivity index (χ3v) is 8.12. The standard InChI is InChI=1S/C21H30O2/c1-4-21(23)12-18-16-6-5-14-11-15(22)7-10-20(14,3)17(16)8-9-19(18,2)13-21/h1,5,15-18,22-23H,6-13H2,2-3H3/t15-,16+,17-,18-,19+,20-,21-/m0/s1. The van der Waals surface area contributed by atoms with E-state index in [1.165, 1.54) is 18.4 Å². The molecule has 4 aliphatic carbocycles. The molecule has 2 heteroatoms. The Kier molecular flexibility index (Phi) is 3.33. The number of rotatable bonds is 0. The molecule has 0 radical (unpaired) electrons. The van der Waals surface area contributed by atoms with Crippen LogP contribution >= 0.6 is 0 Å². The van der Waals surface area contributed by atoms with Crippen LogP contribution in [0.1, 0.15) is 65.2 Å². The molecule has 0 aromatic carbocycles. The fraction of sp³-hybridized carbons (Fsp3) is 0.810. The van der Waals surface area contributed by atoms with Crippen molar-refractivity contribution in [3.05, 3.63) is 11.6 Å². The molecule has 3 fully saturated rings. The Bertz CT molecular complexity index is 587. The summed E-state index contributed by atoms with van der Waals surface area (Å²) < 4.78 is 0. The van der Waals surface area contributed by atoms with E-state index in [2.05, 4.69) is 25.8 Å². The van der Waals surface area contributed by atoms with Gasteiger partial charge in [-0.2, -0.15) is 0 Å². The lowest BCUT2D eigenvalue weighted by atomic mass is 9.48. The van der Waals surface area contributed by atoms with Gasteiger partial charge in [0.1, 0.15) is 5.60 Å². The zero-order chi connectivity index (χ0) is 16.5. The Hall–Kier alpha value is -0.780. The third kappa shape index (κ3) is 2.16. The Morgan fingerprint density at radius 3 is 2.74 bits per heavy atom. The summed E-state index contributed by atoms with van der Waals surface area (Å²) in [4.78, 5) is 0. The number of hydrogen-bond donors (Lipinski definition) is 2. The summed E-state index contributed by atoms with van der Waals surface area (Å²) in [5, 5.41) is 20.8. The zero-order valence-corrected chi connectivity index (χ0v) is 14.5. The van der Waals surface area contributed by atoms with Gasteiger partial charge in [0.2, 0.25) is 0 Å². The summed E-state index contributed by atoms with van der Waals surface area (Å²) in [7, 11) is 0. The fourth-order valence-electron chi connectivity index (χ4n) is 6.87. The average Bonchev–Trinajstić information content (AvgIpc) is 2.79. The molecule has 4 aliphatic rings. The van der Waals surface area contributed by atoms with Crippen molar-refractivity contribution in [1.82, 2.24) is 0 Å². The molecular weight excluding hydrogens is 284 g/mol. The quantitative estimate of drug-likeness (QED) is 0.529. The number of hydrogen-bond acceptors (Lipinski definition) is 2. The first-order chi connectivity index (χ1) is 10.8. The first kappa shape index (κ1) is 15.7. The molecule has 0 amide bonds. The molecule has 4 rings (SSSR count). The van der Waals surface area contributed by atoms with Gasteiger partial charge in [-0.25, -0.2) is 0 Å². The van der Waals surface area contributed by atoms with Gasteiger partial charge in [0, 0.05) is 0 Å². The van der Waals surface area contributed by atoms with Gasteiger partial charge in [-0.15, -0.1) is 6.42 Å². The van der Waals surface area contributed by atoms with Crippen LogP contribution < -0.4 is 0 Å². The molecule has 2 N–H and O–H groups in total. The van der Waals surface area contributed by atoms with E-state index in [1.807, 2.05) is 0 Å². The highest BCUT2D eigenvalue weighted by Crippen LogP contribution is 2.66. The molecule has 0 spiro atoms. The lowest BCUT2D eigenvalue weighted by molar-refractivity contribution is -0.0360. The van der Waals surface area contributed by atoms with E-state index in [0.717, 1.165) is 38.5 Å². The van der Waals surface area contributed by atoms with Crippen LogP contribution in [0.15, 0.2) is 11.6 Å². The molecule has 7 atom stereocenters. The predicted octanol–water partition coefficient (Wildman–Crippen LogP) is 3.67. The number of aliphatic hydroxyl groups is 2. The molecular formula is C21H30O2. The van der Waals surface area contributed by atoms with Gasteiger partial charge < -0.3 is 10.2 Å². The maximum atomic E-state index is 10.7. The molecule has 2 nitrogen and oxygen atoms in total. The van der Waals surface area contributed by atoms with Crippen molar-refractivity contribution in [3.63, 3.8) is 0 Å². The Morgan fingerprint density at radius 2 is 2.00 bits per heavy atom.